The normalized spacial score (nSPS) is 22.3. The fourth-order valence-corrected chi connectivity index (χ4v) is 2.74. The van der Waals surface area contributed by atoms with Crippen LogP contribution in [0.4, 0.5) is 25.3 Å². The summed E-state index contributed by atoms with van der Waals surface area (Å²) in [5.74, 6) is -4.65. The highest BCUT2D eigenvalue weighted by Crippen LogP contribution is 2.42. The van der Waals surface area contributed by atoms with E-state index in [4.69, 9.17) is 15.2 Å². The zero-order valence-electron chi connectivity index (χ0n) is 15.7. The number of aliphatic hydroxyl groups is 1. The third-order valence-electron chi connectivity index (χ3n) is 4.32. The summed E-state index contributed by atoms with van der Waals surface area (Å²) in [5, 5.41) is 20.5. The molecule has 1 fully saturated rings. The predicted molar refractivity (Wildman–Crippen MR) is 93.9 cm³/mol. The number of aryl methyl sites for hydroxylation is 1. The Morgan fingerprint density at radius 2 is 2.19 bits per heavy atom. The monoisotopic (exact) mass is 446 g/mol. The first-order valence-electron chi connectivity index (χ1n) is 8.56. The molecule has 0 bridgehead atoms. The van der Waals surface area contributed by atoms with E-state index in [1.807, 2.05) is 0 Å². The second kappa shape index (κ2) is 8.23. The maximum atomic E-state index is 14.4. The average Bonchev–Trinajstić information content (AvgIpc) is 3.17. The van der Waals surface area contributed by atoms with Crippen LogP contribution in [-0.4, -0.2) is 60.4 Å². The van der Waals surface area contributed by atoms with Crippen molar-refractivity contribution in [2.24, 2.45) is 0 Å². The summed E-state index contributed by atoms with van der Waals surface area (Å²) in [4.78, 5) is 42.7. The van der Waals surface area contributed by atoms with Gasteiger partial charge in [-0.1, -0.05) is 4.98 Å². The summed E-state index contributed by atoms with van der Waals surface area (Å²) < 4.78 is 43.6. The van der Waals surface area contributed by atoms with Gasteiger partial charge in [0.1, 0.15) is 24.2 Å². The Hall–Kier alpha value is -3.66. The van der Waals surface area contributed by atoms with Crippen LogP contribution in [0.2, 0.25) is 0 Å². The molecule has 0 unspecified atom stereocenters. The van der Waals surface area contributed by atoms with E-state index >= 15 is 0 Å². The Morgan fingerprint density at radius 3 is 2.81 bits per heavy atom. The molecular formula is C15H16F2N6O8. The maximum absolute atomic E-state index is 14.4. The molecule has 0 saturated carbocycles. The van der Waals surface area contributed by atoms with E-state index in [-0.39, 0.29) is 17.2 Å². The first kappa shape index (κ1) is 22.0. The van der Waals surface area contributed by atoms with E-state index in [0.717, 1.165) is 12.3 Å². The second-order valence-electron chi connectivity index (χ2n) is 6.43. The number of nitrogens with one attached hydrogen (secondary N) is 1. The van der Waals surface area contributed by atoms with Crippen molar-refractivity contribution in [2.75, 3.05) is 12.3 Å². The molecule has 168 valence electrons. The molecule has 16 heteroatoms. The van der Waals surface area contributed by atoms with Gasteiger partial charge >= 0.3 is 23.7 Å². The Balaban J connectivity index is 1.59. The Labute approximate surface area is 170 Å². The van der Waals surface area contributed by atoms with Gasteiger partial charge in [0, 0.05) is 6.20 Å². The van der Waals surface area contributed by atoms with Crippen LogP contribution in [0.25, 0.3) is 0 Å². The number of aromatic amines is 1. The lowest BCUT2D eigenvalue weighted by atomic mass is 10.1. The van der Waals surface area contributed by atoms with Crippen LogP contribution >= 0.6 is 0 Å². The van der Waals surface area contributed by atoms with Crippen molar-refractivity contribution in [3.8, 4) is 0 Å². The quantitative estimate of drug-likeness (QED) is 0.307. The molecule has 31 heavy (non-hydrogen) atoms. The van der Waals surface area contributed by atoms with E-state index in [1.54, 1.807) is 0 Å². The molecular weight excluding hydrogens is 430 g/mol. The molecule has 1 aliphatic rings. The number of imidazole rings is 1. The third kappa shape index (κ3) is 4.43. The van der Waals surface area contributed by atoms with Crippen molar-refractivity contribution >= 4 is 17.9 Å². The molecule has 1 aliphatic heterocycles. The zero-order valence-corrected chi connectivity index (χ0v) is 15.7. The van der Waals surface area contributed by atoms with Gasteiger partial charge < -0.3 is 35.2 Å². The lowest BCUT2D eigenvalue weighted by molar-refractivity contribution is -0.393. The molecule has 2 aromatic heterocycles. The van der Waals surface area contributed by atoms with Gasteiger partial charge in [0.2, 0.25) is 6.23 Å². The number of rotatable bonds is 6. The van der Waals surface area contributed by atoms with Crippen LogP contribution in [0.5, 0.6) is 0 Å². The van der Waals surface area contributed by atoms with Crippen molar-refractivity contribution in [3.05, 3.63) is 44.2 Å². The molecule has 3 heterocycles. The molecule has 0 amide bonds. The number of nitrogens with two attached hydrogens (primary N) is 1. The van der Waals surface area contributed by atoms with Crippen LogP contribution in [0.3, 0.4) is 0 Å². The fourth-order valence-electron chi connectivity index (χ4n) is 2.74. The number of alkyl halides is 2. The Bertz CT molecular complexity index is 1060. The van der Waals surface area contributed by atoms with E-state index < -0.39 is 60.3 Å². The number of anilines is 1. The number of nitrogen functional groups attached to an aromatic ring is 1. The smallest absolute Gasteiger partial charge is 0.431 e. The number of hydrogen-bond donors (Lipinski definition) is 3. The molecule has 0 radical (unpaired) electrons. The van der Waals surface area contributed by atoms with Gasteiger partial charge in [0.15, 0.2) is 18.4 Å². The minimum absolute atomic E-state index is 0.0580. The molecule has 3 atom stereocenters. The zero-order chi connectivity index (χ0) is 22.9. The van der Waals surface area contributed by atoms with Gasteiger partial charge in [0.25, 0.3) is 0 Å². The number of H-pyrrole nitrogens is 1. The molecule has 3 rings (SSSR count). The minimum Gasteiger partial charge on any atom is -0.431 e. The van der Waals surface area contributed by atoms with Crippen LogP contribution in [0.15, 0.2) is 17.1 Å². The van der Waals surface area contributed by atoms with Crippen molar-refractivity contribution in [1.29, 1.82) is 0 Å². The average molecular weight is 446 g/mol. The van der Waals surface area contributed by atoms with Crippen LogP contribution in [0.1, 0.15) is 17.6 Å². The number of halogens is 2. The number of hydrogen-bond acceptors (Lipinski definition) is 11. The number of carbonyl (C=O) groups excluding carboxylic acids is 1. The summed E-state index contributed by atoms with van der Waals surface area (Å²) in [6.07, 6.45) is -6.70. The molecule has 0 aliphatic carbocycles. The van der Waals surface area contributed by atoms with Crippen LogP contribution in [0, 0.1) is 17.0 Å². The van der Waals surface area contributed by atoms with Crippen LogP contribution in [-0.2, 0) is 20.8 Å². The summed E-state index contributed by atoms with van der Waals surface area (Å²) >= 11 is 0. The summed E-state index contributed by atoms with van der Waals surface area (Å²) in [6, 6.07) is 1.09. The summed E-state index contributed by atoms with van der Waals surface area (Å²) in [5.41, 5.74) is 4.52. The SMILES string of the molecule is Cc1[nH]c([N+](=O)[O-])nc1COC(=O)OC[C@H]1O[C@@H](n2ccc(N)nc2=O)C(F)(F)[C@@H]1O. The molecule has 0 spiro atoms. The highest BCUT2D eigenvalue weighted by atomic mass is 19.3. The first-order valence-corrected chi connectivity index (χ1v) is 8.56. The van der Waals surface area contributed by atoms with Crippen molar-refractivity contribution in [2.45, 2.75) is 37.9 Å². The molecule has 1 saturated heterocycles. The van der Waals surface area contributed by atoms with Crippen LogP contribution < -0.4 is 11.4 Å². The van der Waals surface area contributed by atoms with Crippen molar-refractivity contribution in [3.63, 3.8) is 0 Å². The third-order valence-corrected chi connectivity index (χ3v) is 4.32. The summed E-state index contributed by atoms with van der Waals surface area (Å²) in [7, 11) is 0. The number of ether oxygens (including phenoxy) is 3. The Kier molecular flexibility index (Phi) is 5.85. The topological polar surface area (TPSA) is 198 Å². The van der Waals surface area contributed by atoms with E-state index in [1.165, 1.54) is 6.92 Å². The first-order chi connectivity index (χ1) is 14.5. The highest BCUT2D eigenvalue weighted by Gasteiger charge is 2.60. The van der Waals surface area contributed by atoms with Gasteiger partial charge in [-0.25, -0.2) is 14.6 Å². The van der Waals surface area contributed by atoms with Gasteiger partial charge in [-0.2, -0.15) is 13.8 Å². The van der Waals surface area contributed by atoms with Gasteiger partial charge in [0.05, 0.1) is 0 Å². The minimum atomic E-state index is -3.91. The maximum Gasteiger partial charge on any atom is 0.508 e. The number of aromatic nitrogens is 4. The summed E-state index contributed by atoms with van der Waals surface area (Å²) in [6.45, 7) is 0.139. The Morgan fingerprint density at radius 1 is 1.48 bits per heavy atom. The van der Waals surface area contributed by atoms with E-state index in [9.17, 15) is 33.6 Å². The predicted octanol–water partition coefficient (Wildman–Crippen LogP) is 0.0122. The number of nitro groups is 1. The molecule has 2 aromatic rings. The molecule has 14 nitrogen and oxygen atoms in total. The van der Waals surface area contributed by atoms with Gasteiger partial charge in [-0.3, -0.25) is 4.57 Å². The van der Waals surface area contributed by atoms with Crippen molar-refractivity contribution in [1.82, 2.24) is 19.5 Å². The lowest BCUT2D eigenvalue weighted by Crippen LogP contribution is -2.42. The largest absolute Gasteiger partial charge is 0.508 e. The fraction of sp³-hybridized carbons (Fsp3) is 0.467. The van der Waals surface area contributed by atoms with Gasteiger partial charge in [-0.05, 0) is 17.9 Å². The standard InChI is InChI=1S/C15H16F2N6O8/c1-6-7(20-12(19-6)23(27)28)4-29-14(26)30-5-8-10(24)15(16,17)11(31-8)22-3-2-9(18)21-13(22)25/h2-3,8,10-11,24H,4-5H2,1H3,(H,19,20)(H2,18,21,25)/t8-,10-,11-/m1/s1. The van der Waals surface area contributed by atoms with Crippen molar-refractivity contribution < 1.29 is 37.8 Å². The second-order valence-corrected chi connectivity index (χ2v) is 6.43. The highest BCUT2D eigenvalue weighted by molar-refractivity contribution is 5.59. The van der Waals surface area contributed by atoms with E-state index in [0.29, 0.717) is 4.57 Å². The van der Waals surface area contributed by atoms with Gasteiger partial charge in [-0.15, -0.1) is 0 Å². The van der Waals surface area contributed by atoms with E-state index in [2.05, 4.69) is 19.7 Å². The number of carbonyl (C=O) groups is 1. The molecule has 0 aromatic carbocycles. The molecule has 4 N–H and O–H groups in total. The number of nitrogens with zero attached hydrogens (tertiary/aromatic N) is 4. The lowest BCUT2D eigenvalue weighted by Gasteiger charge is -2.20. The number of aliphatic hydroxyl groups excluding tert-OH is 1.